The molecule has 0 radical (unpaired) electrons. The number of rotatable bonds is 1. The summed E-state index contributed by atoms with van der Waals surface area (Å²) in [5.41, 5.74) is 0. The molecule has 2 rings (SSSR count). The van der Waals surface area contributed by atoms with Crippen molar-refractivity contribution >= 4 is 6.34 Å². The van der Waals surface area contributed by atoms with Crippen molar-refractivity contribution in [1.82, 2.24) is 4.90 Å². The molecular weight excluding hydrogens is 148 g/mol. The maximum absolute atomic E-state index is 4.56. The van der Waals surface area contributed by atoms with Gasteiger partial charge in [-0.25, -0.2) is 0 Å². The van der Waals surface area contributed by atoms with Crippen molar-refractivity contribution in [2.75, 3.05) is 0 Å². The number of hydrogen-bond acceptors (Lipinski definition) is 2. The Kier molecular flexibility index (Phi) is 2.07. The van der Waals surface area contributed by atoms with Gasteiger partial charge in [-0.05, 0) is 26.7 Å². The lowest BCUT2D eigenvalue weighted by Gasteiger charge is -2.33. The Morgan fingerprint density at radius 3 is 2.83 bits per heavy atom. The van der Waals surface area contributed by atoms with Crippen LogP contribution >= 0.6 is 0 Å². The quantitative estimate of drug-likeness (QED) is 0.582. The van der Waals surface area contributed by atoms with Gasteiger partial charge in [0.15, 0.2) is 0 Å². The third-order valence-corrected chi connectivity index (χ3v) is 3.06. The third-order valence-electron chi connectivity index (χ3n) is 3.06. The molecule has 2 aliphatic rings. The van der Waals surface area contributed by atoms with Gasteiger partial charge < -0.3 is 4.90 Å². The molecule has 2 nitrogen and oxygen atoms in total. The number of aliphatic imine (C=N–C) groups is 1. The zero-order valence-corrected chi connectivity index (χ0v) is 8.03. The van der Waals surface area contributed by atoms with Crippen LogP contribution < -0.4 is 0 Å². The smallest absolute Gasteiger partial charge is 0.0859 e. The Balaban J connectivity index is 2.05. The average molecular weight is 166 g/mol. The molecule has 1 saturated carbocycles. The molecule has 2 atom stereocenters. The maximum Gasteiger partial charge on any atom is 0.0859 e. The first kappa shape index (κ1) is 8.09. The lowest BCUT2D eigenvalue weighted by Crippen LogP contribution is -2.42. The summed E-state index contributed by atoms with van der Waals surface area (Å²) >= 11 is 0. The van der Waals surface area contributed by atoms with Gasteiger partial charge in [-0.15, -0.1) is 0 Å². The van der Waals surface area contributed by atoms with E-state index in [0.717, 1.165) is 6.04 Å². The lowest BCUT2D eigenvalue weighted by molar-refractivity contribution is 0.216. The van der Waals surface area contributed by atoms with E-state index >= 15 is 0 Å². The summed E-state index contributed by atoms with van der Waals surface area (Å²) in [5, 5.41) is 0. The van der Waals surface area contributed by atoms with Gasteiger partial charge >= 0.3 is 0 Å². The fourth-order valence-electron chi connectivity index (χ4n) is 2.38. The largest absolute Gasteiger partial charge is 0.355 e. The number of fused-ring (bicyclic) bond motifs is 1. The normalized spacial score (nSPS) is 34.4. The molecule has 1 aliphatic carbocycles. The Hall–Kier alpha value is -0.530. The Bertz CT molecular complexity index is 186. The first-order valence-electron chi connectivity index (χ1n) is 5.10. The van der Waals surface area contributed by atoms with E-state index in [1.54, 1.807) is 0 Å². The molecule has 0 saturated heterocycles. The van der Waals surface area contributed by atoms with Crippen LogP contribution in [0.4, 0.5) is 0 Å². The second-order valence-corrected chi connectivity index (χ2v) is 4.22. The number of hydrogen-bond donors (Lipinski definition) is 0. The average Bonchev–Trinajstić information content (AvgIpc) is 2.47. The molecule has 68 valence electrons. The lowest BCUT2D eigenvalue weighted by atomic mass is 9.90. The molecule has 1 aliphatic heterocycles. The Morgan fingerprint density at radius 1 is 1.33 bits per heavy atom. The van der Waals surface area contributed by atoms with Crippen molar-refractivity contribution in [3.05, 3.63) is 0 Å². The third kappa shape index (κ3) is 1.23. The van der Waals surface area contributed by atoms with Crippen LogP contribution in [0.1, 0.15) is 39.5 Å². The predicted octanol–water partition coefficient (Wildman–Crippen LogP) is 2.05. The summed E-state index contributed by atoms with van der Waals surface area (Å²) < 4.78 is 0. The monoisotopic (exact) mass is 166 g/mol. The van der Waals surface area contributed by atoms with Crippen molar-refractivity contribution in [1.29, 1.82) is 0 Å². The highest BCUT2D eigenvalue weighted by molar-refractivity contribution is 5.59. The van der Waals surface area contributed by atoms with E-state index in [9.17, 15) is 0 Å². The van der Waals surface area contributed by atoms with Crippen molar-refractivity contribution < 1.29 is 0 Å². The summed E-state index contributed by atoms with van der Waals surface area (Å²) in [5.74, 6) is 0. The summed E-state index contributed by atoms with van der Waals surface area (Å²) in [6.07, 6.45) is 7.51. The predicted molar refractivity (Wildman–Crippen MR) is 51.5 cm³/mol. The van der Waals surface area contributed by atoms with E-state index in [0.29, 0.717) is 12.1 Å². The van der Waals surface area contributed by atoms with E-state index in [1.807, 2.05) is 0 Å². The molecule has 0 aromatic rings. The molecule has 0 aromatic heterocycles. The minimum absolute atomic E-state index is 0.626. The summed E-state index contributed by atoms with van der Waals surface area (Å²) in [7, 11) is 0. The van der Waals surface area contributed by atoms with Crippen molar-refractivity contribution in [3.63, 3.8) is 0 Å². The SMILES string of the molecule is CC(C)N1C=NC2CCCCC21. The summed E-state index contributed by atoms with van der Waals surface area (Å²) in [6, 6.07) is 1.99. The molecule has 12 heavy (non-hydrogen) atoms. The van der Waals surface area contributed by atoms with Gasteiger partial charge in [0.2, 0.25) is 0 Å². The molecule has 1 heterocycles. The molecule has 0 N–H and O–H groups in total. The standard InChI is InChI=1S/C10H18N2/c1-8(2)12-7-11-9-5-3-4-6-10(9)12/h7-10H,3-6H2,1-2H3. The second kappa shape index (κ2) is 3.08. The van der Waals surface area contributed by atoms with Crippen LogP contribution in [0.5, 0.6) is 0 Å². The zero-order valence-electron chi connectivity index (χ0n) is 8.03. The van der Waals surface area contributed by atoms with Crippen LogP contribution in [0.2, 0.25) is 0 Å². The van der Waals surface area contributed by atoms with E-state index < -0.39 is 0 Å². The molecule has 0 spiro atoms. The van der Waals surface area contributed by atoms with E-state index in [4.69, 9.17) is 0 Å². The van der Waals surface area contributed by atoms with Gasteiger partial charge in [-0.2, -0.15) is 0 Å². The van der Waals surface area contributed by atoms with Crippen molar-refractivity contribution in [2.45, 2.75) is 57.7 Å². The second-order valence-electron chi connectivity index (χ2n) is 4.22. The molecule has 0 amide bonds. The van der Waals surface area contributed by atoms with Crippen LogP contribution in [-0.4, -0.2) is 29.4 Å². The van der Waals surface area contributed by atoms with Crippen LogP contribution in [0.3, 0.4) is 0 Å². The van der Waals surface area contributed by atoms with Crippen molar-refractivity contribution in [2.24, 2.45) is 4.99 Å². The Morgan fingerprint density at radius 2 is 2.08 bits per heavy atom. The van der Waals surface area contributed by atoms with Gasteiger partial charge in [-0.3, -0.25) is 4.99 Å². The van der Waals surface area contributed by atoms with E-state index in [1.165, 1.54) is 25.7 Å². The number of nitrogens with zero attached hydrogens (tertiary/aromatic N) is 2. The summed E-state index contributed by atoms with van der Waals surface area (Å²) in [4.78, 5) is 7.00. The highest BCUT2D eigenvalue weighted by Crippen LogP contribution is 2.29. The minimum atomic E-state index is 0.626. The topological polar surface area (TPSA) is 15.6 Å². The minimum Gasteiger partial charge on any atom is -0.355 e. The fraction of sp³-hybridized carbons (Fsp3) is 0.900. The van der Waals surface area contributed by atoms with Gasteiger partial charge in [0, 0.05) is 6.04 Å². The van der Waals surface area contributed by atoms with Gasteiger partial charge in [0.25, 0.3) is 0 Å². The van der Waals surface area contributed by atoms with Crippen LogP contribution in [-0.2, 0) is 0 Å². The van der Waals surface area contributed by atoms with Gasteiger partial charge in [-0.1, -0.05) is 12.8 Å². The highest BCUT2D eigenvalue weighted by atomic mass is 15.3. The summed E-state index contributed by atoms with van der Waals surface area (Å²) in [6.45, 7) is 4.51. The molecule has 0 bridgehead atoms. The van der Waals surface area contributed by atoms with Gasteiger partial charge in [0.1, 0.15) is 0 Å². The van der Waals surface area contributed by atoms with Crippen LogP contribution in [0, 0.1) is 0 Å². The maximum atomic E-state index is 4.56. The molecule has 1 fully saturated rings. The molecule has 0 aromatic carbocycles. The molecule has 2 unspecified atom stereocenters. The van der Waals surface area contributed by atoms with Crippen molar-refractivity contribution in [3.8, 4) is 0 Å². The fourth-order valence-corrected chi connectivity index (χ4v) is 2.38. The zero-order chi connectivity index (χ0) is 8.55. The first-order valence-corrected chi connectivity index (χ1v) is 5.10. The first-order chi connectivity index (χ1) is 5.79. The Labute approximate surface area is 74.7 Å². The van der Waals surface area contributed by atoms with E-state index in [2.05, 4.69) is 30.1 Å². The highest BCUT2D eigenvalue weighted by Gasteiger charge is 2.33. The molecular formula is C10H18N2. The van der Waals surface area contributed by atoms with Crippen LogP contribution in [0.15, 0.2) is 4.99 Å². The molecule has 2 heteroatoms. The van der Waals surface area contributed by atoms with Crippen LogP contribution in [0.25, 0.3) is 0 Å². The van der Waals surface area contributed by atoms with Gasteiger partial charge in [0.05, 0.1) is 18.4 Å². The van der Waals surface area contributed by atoms with E-state index in [-0.39, 0.29) is 0 Å².